The highest BCUT2D eigenvalue weighted by Gasteiger charge is 2.53. The van der Waals surface area contributed by atoms with E-state index in [9.17, 15) is 4.79 Å². The van der Waals surface area contributed by atoms with Crippen molar-refractivity contribution in [3.63, 3.8) is 0 Å². The number of rotatable bonds is 7. The van der Waals surface area contributed by atoms with Crippen LogP contribution >= 0.6 is 0 Å². The topological polar surface area (TPSA) is 26.3 Å². The maximum Gasteiger partial charge on any atom is 0.338 e. The number of hydrogen-bond acceptors (Lipinski definition) is 2. The van der Waals surface area contributed by atoms with Gasteiger partial charge in [0.1, 0.15) is 6.10 Å². The summed E-state index contributed by atoms with van der Waals surface area (Å²) in [5, 5.41) is 0. The van der Waals surface area contributed by atoms with Gasteiger partial charge in [0.15, 0.2) is 0 Å². The van der Waals surface area contributed by atoms with Crippen molar-refractivity contribution in [3.8, 4) is 0 Å². The molecule has 0 saturated heterocycles. The maximum absolute atomic E-state index is 12.6. The first-order valence-corrected chi connectivity index (χ1v) is 10.8. The number of unbranched alkanes of at least 4 members (excludes halogenated alkanes) is 2. The van der Waals surface area contributed by atoms with Gasteiger partial charge in [-0.2, -0.15) is 0 Å². The molecule has 2 aliphatic rings. The number of fused-ring (bicyclic) bond motifs is 1. The van der Waals surface area contributed by atoms with E-state index in [4.69, 9.17) is 4.74 Å². The van der Waals surface area contributed by atoms with Crippen molar-refractivity contribution < 1.29 is 9.53 Å². The van der Waals surface area contributed by atoms with E-state index in [0.717, 1.165) is 18.3 Å². The third kappa shape index (κ3) is 4.00. The summed E-state index contributed by atoms with van der Waals surface area (Å²) >= 11 is 0. The monoisotopic (exact) mass is 356 g/mol. The number of benzene rings is 1. The molecule has 5 atom stereocenters. The van der Waals surface area contributed by atoms with E-state index in [1.807, 2.05) is 30.3 Å². The molecule has 0 N–H and O–H groups in total. The van der Waals surface area contributed by atoms with Crippen molar-refractivity contribution in [2.75, 3.05) is 0 Å². The van der Waals surface area contributed by atoms with Gasteiger partial charge in [-0.1, -0.05) is 64.7 Å². The third-order valence-corrected chi connectivity index (χ3v) is 7.35. The summed E-state index contributed by atoms with van der Waals surface area (Å²) in [6, 6.07) is 9.47. The van der Waals surface area contributed by atoms with E-state index in [0.29, 0.717) is 16.9 Å². The van der Waals surface area contributed by atoms with Gasteiger partial charge in [-0.05, 0) is 61.5 Å². The van der Waals surface area contributed by atoms with Crippen LogP contribution in [0.25, 0.3) is 0 Å². The molecule has 0 radical (unpaired) electrons. The van der Waals surface area contributed by atoms with Crippen molar-refractivity contribution in [3.05, 3.63) is 35.9 Å². The van der Waals surface area contributed by atoms with Gasteiger partial charge in [-0.3, -0.25) is 0 Å². The second-order valence-corrected chi connectivity index (χ2v) is 8.97. The molecule has 1 aromatic rings. The van der Waals surface area contributed by atoms with Crippen LogP contribution in [0.15, 0.2) is 30.3 Å². The van der Waals surface area contributed by atoms with Gasteiger partial charge in [-0.15, -0.1) is 0 Å². The Morgan fingerprint density at radius 3 is 2.69 bits per heavy atom. The van der Waals surface area contributed by atoms with Crippen molar-refractivity contribution >= 4 is 5.97 Å². The number of carbonyl (C=O) groups is 1. The minimum Gasteiger partial charge on any atom is -0.458 e. The normalized spacial score (nSPS) is 32.0. The molecule has 2 nitrogen and oxygen atoms in total. The van der Waals surface area contributed by atoms with Crippen molar-refractivity contribution in [1.82, 2.24) is 0 Å². The van der Waals surface area contributed by atoms with Gasteiger partial charge in [-0.25, -0.2) is 4.79 Å². The Kier molecular flexibility index (Phi) is 6.42. The van der Waals surface area contributed by atoms with Gasteiger partial charge < -0.3 is 4.74 Å². The van der Waals surface area contributed by atoms with Gasteiger partial charge in [0.05, 0.1) is 5.56 Å². The molecule has 0 spiro atoms. The summed E-state index contributed by atoms with van der Waals surface area (Å²) in [5.74, 6) is 1.99. The van der Waals surface area contributed by atoms with Crippen LogP contribution in [0.1, 0.15) is 88.9 Å². The molecule has 2 fully saturated rings. The smallest absolute Gasteiger partial charge is 0.338 e. The molecule has 2 heteroatoms. The lowest BCUT2D eigenvalue weighted by Gasteiger charge is -2.46. The largest absolute Gasteiger partial charge is 0.458 e. The molecule has 3 rings (SSSR count). The second kappa shape index (κ2) is 8.59. The van der Waals surface area contributed by atoms with E-state index in [1.165, 1.54) is 51.4 Å². The number of esters is 1. The fraction of sp³-hybridized carbons (Fsp3) is 0.708. The van der Waals surface area contributed by atoms with Gasteiger partial charge in [0.25, 0.3) is 0 Å². The summed E-state index contributed by atoms with van der Waals surface area (Å²) in [5.41, 5.74) is 1.04. The van der Waals surface area contributed by atoms with Crippen LogP contribution < -0.4 is 0 Å². The van der Waals surface area contributed by atoms with E-state index in [1.54, 1.807) is 0 Å². The molecule has 26 heavy (non-hydrogen) atoms. The first-order chi connectivity index (χ1) is 12.6. The van der Waals surface area contributed by atoms with E-state index in [2.05, 4.69) is 20.8 Å². The lowest BCUT2D eigenvalue weighted by atomic mass is 9.61. The van der Waals surface area contributed by atoms with Crippen molar-refractivity contribution in [2.24, 2.45) is 23.2 Å². The standard InChI is InChI=1S/C24H36O2/c1-4-5-7-11-18(2)20-15-16-21-22(14-10-17-24(20,21)3)26-23(25)19-12-8-6-9-13-19/h6,8-9,12-13,18,20-22H,4-5,7,10-11,14-17H2,1-3H3/t18-,20-,21+,22+,24-/m1/s1. The Morgan fingerprint density at radius 2 is 1.96 bits per heavy atom. The van der Waals surface area contributed by atoms with Crippen LogP contribution in [0.2, 0.25) is 0 Å². The summed E-state index contributed by atoms with van der Waals surface area (Å²) < 4.78 is 6.04. The average Bonchev–Trinajstić information content (AvgIpc) is 3.00. The molecular formula is C24H36O2. The quantitative estimate of drug-likeness (QED) is 0.404. The van der Waals surface area contributed by atoms with Gasteiger partial charge in [0.2, 0.25) is 0 Å². The van der Waals surface area contributed by atoms with Gasteiger partial charge >= 0.3 is 5.97 Å². The minimum absolute atomic E-state index is 0.106. The lowest BCUT2D eigenvalue weighted by Crippen LogP contribution is -2.43. The third-order valence-electron chi connectivity index (χ3n) is 7.35. The van der Waals surface area contributed by atoms with Crippen LogP contribution in [0.4, 0.5) is 0 Å². The fourth-order valence-corrected chi connectivity index (χ4v) is 5.93. The Hall–Kier alpha value is -1.31. The first kappa shape index (κ1) is 19.5. The average molecular weight is 357 g/mol. The highest BCUT2D eigenvalue weighted by atomic mass is 16.5. The number of ether oxygens (including phenoxy) is 1. The predicted molar refractivity (Wildman–Crippen MR) is 107 cm³/mol. The molecule has 0 aliphatic heterocycles. The van der Waals surface area contributed by atoms with Crippen LogP contribution in [0.5, 0.6) is 0 Å². The molecule has 2 aliphatic carbocycles. The maximum atomic E-state index is 12.6. The molecule has 144 valence electrons. The van der Waals surface area contributed by atoms with Crippen LogP contribution in [0.3, 0.4) is 0 Å². The summed E-state index contributed by atoms with van der Waals surface area (Å²) in [7, 11) is 0. The lowest BCUT2D eigenvalue weighted by molar-refractivity contribution is -0.0473. The zero-order chi connectivity index (χ0) is 18.6. The highest BCUT2D eigenvalue weighted by Crippen LogP contribution is 2.58. The predicted octanol–water partition coefficient (Wildman–Crippen LogP) is 6.64. The van der Waals surface area contributed by atoms with Crippen molar-refractivity contribution in [1.29, 1.82) is 0 Å². The Labute approximate surface area is 159 Å². The highest BCUT2D eigenvalue weighted by molar-refractivity contribution is 5.89. The number of hydrogen-bond donors (Lipinski definition) is 0. The van der Waals surface area contributed by atoms with Crippen molar-refractivity contribution in [2.45, 2.75) is 84.7 Å². The Balaban J connectivity index is 1.66. The molecule has 0 unspecified atom stereocenters. The molecule has 0 aromatic heterocycles. The van der Waals surface area contributed by atoms with E-state index < -0.39 is 0 Å². The molecule has 0 bridgehead atoms. The molecule has 0 amide bonds. The summed E-state index contributed by atoms with van der Waals surface area (Å²) in [6.45, 7) is 7.24. The second-order valence-electron chi connectivity index (χ2n) is 8.97. The zero-order valence-corrected chi connectivity index (χ0v) is 16.9. The molecule has 0 heterocycles. The Morgan fingerprint density at radius 1 is 1.19 bits per heavy atom. The van der Waals surface area contributed by atoms with Crippen LogP contribution in [-0.2, 0) is 4.74 Å². The Bertz CT molecular complexity index is 581. The molecule has 2 saturated carbocycles. The van der Waals surface area contributed by atoms with Crippen LogP contribution in [-0.4, -0.2) is 12.1 Å². The van der Waals surface area contributed by atoms with E-state index >= 15 is 0 Å². The fourth-order valence-electron chi connectivity index (χ4n) is 5.93. The summed E-state index contributed by atoms with van der Waals surface area (Å²) in [6.07, 6.45) is 11.6. The number of carbonyl (C=O) groups excluding carboxylic acids is 1. The van der Waals surface area contributed by atoms with Gasteiger partial charge in [0, 0.05) is 5.92 Å². The van der Waals surface area contributed by atoms with Crippen LogP contribution in [0, 0.1) is 23.2 Å². The zero-order valence-electron chi connectivity index (χ0n) is 16.9. The molecule has 1 aromatic carbocycles. The van der Waals surface area contributed by atoms with E-state index in [-0.39, 0.29) is 12.1 Å². The molecular weight excluding hydrogens is 320 g/mol. The first-order valence-electron chi connectivity index (χ1n) is 10.8. The summed E-state index contributed by atoms with van der Waals surface area (Å²) in [4.78, 5) is 12.6. The minimum atomic E-state index is -0.140. The SMILES string of the molecule is CCCCC[C@@H](C)[C@H]1CC[C@H]2[C@@H](OC(=O)c3ccccc3)CCC[C@]12C.